The highest BCUT2D eigenvalue weighted by molar-refractivity contribution is 5.28. The molecule has 1 aromatic heterocycles. The van der Waals surface area contributed by atoms with Gasteiger partial charge in [-0.25, -0.2) is 4.98 Å². The summed E-state index contributed by atoms with van der Waals surface area (Å²) in [5.41, 5.74) is 0.144. The van der Waals surface area contributed by atoms with Crippen molar-refractivity contribution in [3.05, 3.63) is 22.6 Å². The molecule has 0 aromatic carbocycles. The van der Waals surface area contributed by atoms with Crippen LogP contribution in [0, 0.1) is 5.41 Å². The monoisotopic (exact) mass is 179 g/mol. The van der Waals surface area contributed by atoms with E-state index in [2.05, 4.69) is 24.1 Å². The van der Waals surface area contributed by atoms with Gasteiger partial charge in [0.25, 0.3) is 5.56 Å². The predicted molar refractivity (Wildman–Crippen MR) is 50.8 cm³/mol. The maximum atomic E-state index is 11.4. The molecule has 0 unspecified atom stereocenters. The van der Waals surface area contributed by atoms with Gasteiger partial charge in [0.15, 0.2) is 0 Å². The third kappa shape index (κ3) is 1.43. The maximum Gasteiger partial charge on any atom is 0.254 e. The third-order valence-electron chi connectivity index (χ3n) is 2.25. The lowest BCUT2D eigenvalue weighted by Crippen LogP contribution is -2.40. The molecule has 0 aliphatic carbocycles. The van der Waals surface area contributed by atoms with E-state index in [9.17, 15) is 4.79 Å². The van der Waals surface area contributed by atoms with E-state index in [1.165, 1.54) is 6.07 Å². The van der Waals surface area contributed by atoms with Crippen LogP contribution in [-0.2, 0) is 6.54 Å². The molecule has 1 N–H and O–H groups in total. The number of hydrogen-bond donors (Lipinski definition) is 1. The molecule has 1 aromatic rings. The van der Waals surface area contributed by atoms with Gasteiger partial charge in [0.1, 0.15) is 0 Å². The van der Waals surface area contributed by atoms with Gasteiger partial charge in [0, 0.05) is 30.8 Å². The Labute approximate surface area is 76.6 Å². The van der Waals surface area contributed by atoms with Crippen molar-refractivity contribution in [2.75, 3.05) is 11.9 Å². The highest BCUT2D eigenvalue weighted by atomic mass is 16.1. The summed E-state index contributed by atoms with van der Waals surface area (Å²) in [5, 5.41) is 3.15. The molecule has 70 valence electrons. The van der Waals surface area contributed by atoms with E-state index in [-0.39, 0.29) is 11.0 Å². The highest BCUT2D eigenvalue weighted by Gasteiger charge is 2.25. The minimum atomic E-state index is 0.0188. The van der Waals surface area contributed by atoms with Crippen LogP contribution >= 0.6 is 0 Å². The SMILES string of the molecule is CC1(C)CNc2nccc(=O)n2C1. The van der Waals surface area contributed by atoms with Gasteiger partial charge in [-0.2, -0.15) is 0 Å². The molecule has 4 heteroatoms. The van der Waals surface area contributed by atoms with E-state index in [4.69, 9.17) is 0 Å². The zero-order valence-corrected chi connectivity index (χ0v) is 7.87. The van der Waals surface area contributed by atoms with Crippen LogP contribution in [0.5, 0.6) is 0 Å². The largest absolute Gasteiger partial charge is 0.355 e. The second kappa shape index (κ2) is 2.58. The second-order valence-corrected chi connectivity index (χ2v) is 4.21. The molecular weight excluding hydrogens is 166 g/mol. The van der Waals surface area contributed by atoms with Crippen molar-refractivity contribution >= 4 is 5.95 Å². The normalized spacial score (nSPS) is 18.9. The van der Waals surface area contributed by atoms with Crippen molar-refractivity contribution in [1.29, 1.82) is 0 Å². The summed E-state index contributed by atoms with van der Waals surface area (Å²) in [6.45, 7) is 5.86. The molecule has 0 fully saturated rings. The number of nitrogens with one attached hydrogen (secondary N) is 1. The Morgan fingerprint density at radius 3 is 3.15 bits per heavy atom. The first-order chi connectivity index (χ1) is 6.08. The molecule has 0 amide bonds. The Kier molecular flexibility index (Phi) is 1.65. The molecule has 1 aliphatic rings. The van der Waals surface area contributed by atoms with Crippen LogP contribution in [0.2, 0.25) is 0 Å². The smallest absolute Gasteiger partial charge is 0.254 e. The minimum Gasteiger partial charge on any atom is -0.355 e. The standard InChI is InChI=1S/C9H13N3O/c1-9(2)5-11-8-10-4-3-7(13)12(8)6-9/h3-4H,5-6H2,1-2H3,(H,10,11). The number of hydrogen-bond acceptors (Lipinski definition) is 3. The van der Waals surface area contributed by atoms with Gasteiger partial charge < -0.3 is 5.32 Å². The van der Waals surface area contributed by atoms with Crippen LogP contribution in [0.1, 0.15) is 13.8 Å². The summed E-state index contributed by atoms with van der Waals surface area (Å²) in [5.74, 6) is 0.687. The van der Waals surface area contributed by atoms with Crippen LogP contribution in [0.25, 0.3) is 0 Å². The van der Waals surface area contributed by atoms with Crippen LogP contribution in [0.4, 0.5) is 5.95 Å². The van der Waals surface area contributed by atoms with Crippen LogP contribution < -0.4 is 10.9 Å². The van der Waals surface area contributed by atoms with E-state index in [0.717, 1.165) is 13.1 Å². The molecule has 0 bridgehead atoms. The summed E-state index contributed by atoms with van der Waals surface area (Å²) < 4.78 is 1.68. The van der Waals surface area contributed by atoms with Crippen molar-refractivity contribution < 1.29 is 0 Å². The molecule has 0 atom stereocenters. The van der Waals surface area contributed by atoms with Crippen LogP contribution in [0.15, 0.2) is 17.1 Å². The summed E-state index contributed by atoms with van der Waals surface area (Å²) in [6, 6.07) is 1.49. The highest BCUT2D eigenvalue weighted by Crippen LogP contribution is 2.23. The van der Waals surface area contributed by atoms with E-state index >= 15 is 0 Å². The fraction of sp³-hybridized carbons (Fsp3) is 0.556. The van der Waals surface area contributed by atoms with Crippen molar-refractivity contribution in [3.8, 4) is 0 Å². The number of nitrogens with zero attached hydrogens (tertiary/aromatic N) is 2. The lowest BCUT2D eigenvalue weighted by Gasteiger charge is -2.32. The Morgan fingerprint density at radius 2 is 2.38 bits per heavy atom. The summed E-state index contributed by atoms with van der Waals surface area (Å²) in [4.78, 5) is 15.5. The Balaban J connectivity index is 2.50. The molecule has 2 heterocycles. The minimum absolute atomic E-state index is 0.0188. The first-order valence-electron chi connectivity index (χ1n) is 4.38. The molecule has 0 radical (unpaired) electrons. The molecule has 1 aliphatic heterocycles. The first kappa shape index (κ1) is 8.29. The lowest BCUT2D eigenvalue weighted by molar-refractivity contribution is 0.302. The number of rotatable bonds is 0. The average Bonchev–Trinajstić information content (AvgIpc) is 2.06. The lowest BCUT2D eigenvalue weighted by atomic mass is 9.92. The molecule has 13 heavy (non-hydrogen) atoms. The topological polar surface area (TPSA) is 46.9 Å². The van der Waals surface area contributed by atoms with Crippen molar-refractivity contribution in [3.63, 3.8) is 0 Å². The van der Waals surface area contributed by atoms with E-state index in [1.54, 1.807) is 10.8 Å². The fourth-order valence-corrected chi connectivity index (χ4v) is 1.53. The third-order valence-corrected chi connectivity index (χ3v) is 2.25. The molecular formula is C9H13N3O. The van der Waals surface area contributed by atoms with Gasteiger partial charge in [-0.3, -0.25) is 9.36 Å². The Bertz CT molecular complexity index is 381. The first-order valence-corrected chi connectivity index (χ1v) is 4.38. The van der Waals surface area contributed by atoms with Crippen LogP contribution in [-0.4, -0.2) is 16.1 Å². The van der Waals surface area contributed by atoms with Crippen molar-refractivity contribution in [1.82, 2.24) is 9.55 Å². The van der Waals surface area contributed by atoms with Crippen molar-refractivity contribution in [2.24, 2.45) is 5.41 Å². The Hall–Kier alpha value is -1.32. The number of aromatic nitrogens is 2. The second-order valence-electron chi connectivity index (χ2n) is 4.21. The van der Waals surface area contributed by atoms with Gasteiger partial charge in [-0.05, 0) is 0 Å². The number of anilines is 1. The Morgan fingerprint density at radius 1 is 1.62 bits per heavy atom. The quantitative estimate of drug-likeness (QED) is 0.637. The molecule has 2 rings (SSSR count). The summed E-state index contributed by atoms with van der Waals surface area (Å²) in [6.07, 6.45) is 1.54. The van der Waals surface area contributed by atoms with E-state index in [1.807, 2.05) is 0 Å². The van der Waals surface area contributed by atoms with Gasteiger partial charge in [-0.1, -0.05) is 13.8 Å². The maximum absolute atomic E-state index is 11.4. The van der Waals surface area contributed by atoms with Gasteiger partial charge in [0.05, 0.1) is 0 Å². The zero-order valence-electron chi connectivity index (χ0n) is 7.87. The molecule has 0 saturated carbocycles. The molecule has 0 saturated heterocycles. The fourth-order valence-electron chi connectivity index (χ4n) is 1.53. The van der Waals surface area contributed by atoms with E-state index in [0.29, 0.717) is 5.95 Å². The summed E-state index contributed by atoms with van der Waals surface area (Å²) >= 11 is 0. The molecule has 0 spiro atoms. The van der Waals surface area contributed by atoms with Crippen LogP contribution in [0.3, 0.4) is 0 Å². The van der Waals surface area contributed by atoms with Crippen molar-refractivity contribution in [2.45, 2.75) is 20.4 Å². The van der Waals surface area contributed by atoms with Gasteiger partial charge in [-0.15, -0.1) is 0 Å². The summed E-state index contributed by atoms with van der Waals surface area (Å²) in [7, 11) is 0. The average molecular weight is 179 g/mol. The van der Waals surface area contributed by atoms with Gasteiger partial charge >= 0.3 is 0 Å². The van der Waals surface area contributed by atoms with Gasteiger partial charge in [0.2, 0.25) is 5.95 Å². The van der Waals surface area contributed by atoms with E-state index < -0.39 is 0 Å². The predicted octanol–water partition coefficient (Wildman–Crippen LogP) is 0.695. The zero-order chi connectivity index (χ0) is 9.47. The number of fused-ring (bicyclic) bond motifs is 1. The molecule has 4 nitrogen and oxygen atoms in total.